The fourth-order valence-corrected chi connectivity index (χ4v) is 2.97. The standard InChI is InChI=1S/C14H17NO4S/c1-10(16)19-9-14(17)15-5-6-20-13-4-3-12(18-2)7-11(13)8-15/h3-4,7H,5-6,8-9H2,1-2H3. The molecule has 20 heavy (non-hydrogen) atoms. The number of carbonyl (C=O) groups is 2. The molecular weight excluding hydrogens is 278 g/mol. The van der Waals surface area contributed by atoms with E-state index in [9.17, 15) is 9.59 Å². The Bertz CT molecular complexity index is 518. The van der Waals surface area contributed by atoms with E-state index in [4.69, 9.17) is 9.47 Å². The Labute approximate surface area is 122 Å². The van der Waals surface area contributed by atoms with E-state index < -0.39 is 5.97 Å². The maximum absolute atomic E-state index is 12.0. The second-order valence-electron chi connectivity index (χ2n) is 4.42. The molecule has 0 N–H and O–H groups in total. The second kappa shape index (κ2) is 6.65. The minimum Gasteiger partial charge on any atom is -0.497 e. The van der Waals surface area contributed by atoms with Gasteiger partial charge in [0.25, 0.3) is 5.91 Å². The number of hydrogen-bond acceptors (Lipinski definition) is 5. The summed E-state index contributed by atoms with van der Waals surface area (Å²) < 4.78 is 9.98. The van der Waals surface area contributed by atoms with E-state index in [0.29, 0.717) is 13.1 Å². The quantitative estimate of drug-likeness (QED) is 0.794. The van der Waals surface area contributed by atoms with E-state index in [1.807, 2.05) is 18.2 Å². The van der Waals surface area contributed by atoms with Gasteiger partial charge in [0.15, 0.2) is 6.61 Å². The van der Waals surface area contributed by atoms with Crippen LogP contribution >= 0.6 is 11.8 Å². The predicted molar refractivity (Wildman–Crippen MR) is 75.8 cm³/mol. The first-order valence-corrected chi connectivity index (χ1v) is 7.29. The molecule has 0 aromatic heterocycles. The Morgan fingerprint density at radius 3 is 2.90 bits per heavy atom. The lowest BCUT2D eigenvalue weighted by molar-refractivity contribution is -0.150. The molecule has 0 radical (unpaired) electrons. The zero-order valence-electron chi connectivity index (χ0n) is 11.5. The summed E-state index contributed by atoms with van der Waals surface area (Å²) in [6, 6.07) is 5.88. The van der Waals surface area contributed by atoms with Gasteiger partial charge in [-0.2, -0.15) is 0 Å². The van der Waals surface area contributed by atoms with Crippen molar-refractivity contribution in [3.8, 4) is 5.75 Å². The molecule has 0 saturated heterocycles. The van der Waals surface area contributed by atoms with Crippen LogP contribution in [0.15, 0.2) is 23.1 Å². The lowest BCUT2D eigenvalue weighted by Gasteiger charge is -2.20. The monoisotopic (exact) mass is 295 g/mol. The van der Waals surface area contributed by atoms with Gasteiger partial charge in [-0.3, -0.25) is 9.59 Å². The third-order valence-electron chi connectivity index (χ3n) is 3.00. The highest BCUT2D eigenvalue weighted by atomic mass is 32.2. The molecule has 2 rings (SSSR count). The molecule has 1 amide bonds. The maximum Gasteiger partial charge on any atom is 0.303 e. The minimum atomic E-state index is -0.440. The average molecular weight is 295 g/mol. The van der Waals surface area contributed by atoms with Crippen molar-refractivity contribution >= 4 is 23.6 Å². The molecule has 5 nitrogen and oxygen atoms in total. The number of nitrogens with zero attached hydrogens (tertiary/aromatic N) is 1. The van der Waals surface area contributed by atoms with Gasteiger partial charge in [0.1, 0.15) is 5.75 Å². The highest BCUT2D eigenvalue weighted by molar-refractivity contribution is 7.99. The van der Waals surface area contributed by atoms with Gasteiger partial charge in [-0.25, -0.2) is 0 Å². The fourth-order valence-electron chi connectivity index (χ4n) is 1.97. The van der Waals surface area contributed by atoms with Gasteiger partial charge in [-0.05, 0) is 23.8 Å². The van der Waals surface area contributed by atoms with Crippen LogP contribution in [0.4, 0.5) is 0 Å². The molecule has 0 aliphatic carbocycles. The van der Waals surface area contributed by atoms with E-state index in [1.54, 1.807) is 23.8 Å². The molecule has 1 aliphatic heterocycles. The van der Waals surface area contributed by atoms with Gasteiger partial charge in [-0.1, -0.05) is 0 Å². The maximum atomic E-state index is 12.0. The average Bonchev–Trinajstić information content (AvgIpc) is 2.65. The number of benzene rings is 1. The largest absolute Gasteiger partial charge is 0.497 e. The van der Waals surface area contributed by atoms with Crippen LogP contribution in [-0.2, 0) is 20.9 Å². The van der Waals surface area contributed by atoms with Gasteiger partial charge in [0.2, 0.25) is 0 Å². The molecule has 0 spiro atoms. The first-order valence-electron chi connectivity index (χ1n) is 6.31. The van der Waals surface area contributed by atoms with Crippen LogP contribution in [-0.4, -0.2) is 42.8 Å². The van der Waals surface area contributed by atoms with Gasteiger partial charge < -0.3 is 14.4 Å². The summed E-state index contributed by atoms with van der Waals surface area (Å²) in [5.41, 5.74) is 1.06. The first-order chi connectivity index (χ1) is 9.60. The minimum absolute atomic E-state index is 0.170. The van der Waals surface area contributed by atoms with E-state index in [1.165, 1.54) is 6.92 Å². The highest BCUT2D eigenvalue weighted by Crippen LogP contribution is 2.30. The third kappa shape index (κ3) is 3.66. The zero-order chi connectivity index (χ0) is 14.5. The summed E-state index contributed by atoms with van der Waals surface area (Å²) in [5, 5.41) is 0. The van der Waals surface area contributed by atoms with Crippen molar-refractivity contribution in [3.05, 3.63) is 23.8 Å². The number of carbonyl (C=O) groups excluding carboxylic acids is 2. The van der Waals surface area contributed by atoms with E-state index >= 15 is 0 Å². The van der Waals surface area contributed by atoms with Crippen LogP contribution in [0.5, 0.6) is 5.75 Å². The molecule has 1 aliphatic rings. The van der Waals surface area contributed by atoms with Crippen molar-refractivity contribution in [2.45, 2.75) is 18.4 Å². The van der Waals surface area contributed by atoms with Gasteiger partial charge >= 0.3 is 5.97 Å². The molecule has 1 heterocycles. The number of ether oxygens (including phenoxy) is 2. The number of thioether (sulfide) groups is 1. The third-order valence-corrected chi connectivity index (χ3v) is 4.10. The SMILES string of the molecule is COc1ccc2c(c1)CN(C(=O)COC(C)=O)CCS2. The number of fused-ring (bicyclic) bond motifs is 1. The molecule has 0 atom stereocenters. The second-order valence-corrected chi connectivity index (χ2v) is 5.55. The molecule has 0 saturated carbocycles. The molecule has 0 unspecified atom stereocenters. The van der Waals surface area contributed by atoms with Crippen molar-refractivity contribution in [2.24, 2.45) is 0 Å². The smallest absolute Gasteiger partial charge is 0.303 e. The molecule has 1 aromatic rings. The Kier molecular flexibility index (Phi) is 4.89. The molecule has 6 heteroatoms. The summed E-state index contributed by atoms with van der Waals surface area (Å²) in [5.74, 6) is 0.991. The summed E-state index contributed by atoms with van der Waals surface area (Å²) >= 11 is 1.72. The van der Waals surface area contributed by atoms with Gasteiger partial charge in [0.05, 0.1) is 7.11 Å². The zero-order valence-corrected chi connectivity index (χ0v) is 12.4. The lowest BCUT2D eigenvalue weighted by Crippen LogP contribution is -2.35. The van der Waals surface area contributed by atoms with Crippen molar-refractivity contribution < 1.29 is 19.1 Å². The Hall–Kier alpha value is -1.69. The Morgan fingerprint density at radius 1 is 1.40 bits per heavy atom. The molecular formula is C14H17NO4S. The van der Waals surface area contributed by atoms with Gasteiger partial charge in [0, 0.05) is 30.7 Å². The highest BCUT2D eigenvalue weighted by Gasteiger charge is 2.20. The van der Waals surface area contributed by atoms with Crippen molar-refractivity contribution in [2.75, 3.05) is 26.0 Å². The molecule has 0 bridgehead atoms. The number of amides is 1. The van der Waals surface area contributed by atoms with Crippen LogP contribution < -0.4 is 4.74 Å². The fraction of sp³-hybridized carbons (Fsp3) is 0.429. The van der Waals surface area contributed by atoms with Crippen LogP contribution in [0.2, 0.25) is 0 Å². The number of methoxy groups -OCH3 is 1. The van der Waals surface area contributed by atoms with Crippen molar-refractivity contribution in [1.29, 1.82) is 0 Å². The first kappa shape index (κ1) is 14.7. The molecule has 1 aromatic carbocycles. The summed E-state index contributed by atoms with van der Waals surface area (Å²) in [6.45, 7) is 2.26. The number of hydrogen-bond donors (Lipinski definition) is 0. The summed E-state index contributed by atoms with van der Waals surface area (Å²) in [6.07, 6.45) is 0. The van der Waals surface area contributed by atoms with Crippen LogP contribution in [0.25, 0.3) is 0 Å². The normalized spacial score (nSPS) is 14.2. The van der Waals surface area contributed by atoms with Crippen molar-refractivity contribution in [1.82, 2.24) is 4.90 Å². The van der Waals surface area contributed by atoms with E-state index in [0.717, 1.165) is 22.0 Å². The van der Waals surface area contributed by atoms with E-state index in [-0.39, 0.29) is 12.5 Å². The topological polar surface area (TPSA) is 55.8 Å². The lowest BCUT2D eigenvalue weighted by atomic mass is 10.2. The van der Waals surface area contributed by atoms with Crippen LogP contribution in [0, 0.1) is 0 Å². The molecule has 0 fully saturated rings. The summed E-state index contributed by atoms with van der Waals surface area (Å²) in [7, 11) is 1.62. The van der Waals surface area contributed by atoms with Crippen LogP contribution in [0.1, 0.15) is 12.5 Å². The summed E-state index contributed by atoms with van der Waals surface area (Å²) in [4.78, 5) is 25.7. The Balaban J connectivity index is 2.10. The predicted octanol–water partition coefficient (Wildman–Crippen LogP) is 1.69. The van der Waals surface area contributed by atoms with Crippen molar-refractivity contribution in [3.63, 3.8) is 0 Å². The van der Waals surface area contributed by atoms with E-state index in [2.05, 4.69) is 0 Å². The molecule has 108 valence electrons. The van der Waals surface area contributed by atoms with Crippen LogP contribution in [0.3, 0.4) is 0 Å². The Morgan fingerprint density at radius 2 is 2.20 bits per heavy atom. The van der Waals surface area contributed by atoms with Gasteiger partial charge in [-0.15, -0.1) is 11.8 Å². The number of esters is 1. The number of rotatable bonds is 3.